The third kappa shape index (κ3) is 10.9. The summed E-state index contributed by atoms with van der Waals surface area (Å²) in [6.07, 6.45) is -0.0785. The monoisotopic (exact) mass is 626 g/mol. The molecule has 0 aliphatic rings. The Balaban J connectivity index is 0.000000226. The van der Waals surface area contributed by atoms with Gasteiger partial charge < -0.3 is 21.3 Å². The Morgan fingerprint density at radius 1 is 0.590 bits per heavy atom. The quantitative estimate of drug-likeness (QED) is 0.159. The Bertz CT molecular complexity index is 1390. The molecule has 0 fully saturated rings. The first kappa shape index (κ1) is 32.1. The average molecular weight is 629 g/mol. The number of carboxylic acids is 2. The van der Waals surface area contributed by atoms with Gasteiger partial charge in [-0.25, -0.2) is 0 Å². The highest BCUT2D eigenvalue weighted by Crippen LogP contribution is 2.33. The summed E-state index contributed by atoms with van der Waals surface area (Å²) < 4.78 is 0. The maximum atomic E-state index is 10.8. The Labute approximate surface area is 250 Å². The molecule has 0 radical (unpaired) electrons. The molecule has 0 atom stereocenters. The molecule has 0 heterocycles. The standard InChI is InChI=1S/C14H11Cl2NO2.C8H7ClO2.C6H5Cl2N/c15-10-5-3-6-11(16)14(10)17-12-7-2-1-4-9(12)8-13(18)19;9-7-4-2-1-3-6(7)5-8(10)11;7-4-2-1-3-5(8)6(4)9/h1-7,17H,8H2,(H,18,19);1-4H,5H2,(H,10,11);1-3H,9H2. The number of rotatable bonds is 6. The van der Waals surface area contributed by atoms with E-state index in [0.717, 1.165) is 0 Å². The highest BCUT2D eigenvalue weighted by molar-refractivity contribution is 6.39. The highest BCUT2D eigenvalue weighted by Gasteiger charge is 2.10. The van der Waals surface area contributed by atoms with Crippen LogP contribution in [0.5, 0.6) is 0 Å². The second-order valence-electron chi connectivity index (χ2n) is 7.75. The summed E-state index contributed by atoms with van der Waals surface area (Å²) in [4.78, 5) is 21.1. The van der Waals surface area contributed by atoms with Gasteiger partial charge in [0.2, 0.25) is 0 Å². The Hall–Kier alpha value is -3.13. The molecule has 0 saturated carbocycles. The summed E-state index contributed by atoms with van der Waals surface area (Å²) in [5, 5.41) is 22.9. The van der Waals surface area contributed by atoms with Crippen molar-refractivity contribution in [3.8, 4) is 0 Å². The van der Waals surface area contributed by atoms with Gasteiger partial charge in [0.05, 0.1) is 44.3 Å². The Kier molecular flexibility index (Phi) is 13.2. The number of nitrogens with two attached hydrogens (primary N) is 1. The van der Waals surface area contributed by atoms with Crippen molar-refractivity contribution in [1.29, 1.82) is 0 Å². The molecule has 0 aromatic heterocycles. The number of nitrogens with one attached hydrogen (secondary N) is 1. The van der Waals surface area contributed by atoms with Gasteiger partial charge in [-0.3, -0.25) is 9.59 Å². The first-order valence-corrected chi connectivity index (χ1v) is 13.0. The van der Waals surface area contributed by atoms with E-state index >= 15 is 0 Å². The predicted octanol–water partition coefficient (Wildman–Crippen LogP) is 8.91. The van der Waals surface area contributed by atoms with Gasteiger partial charge in [-0.05, 0) is 47.5 Å². The number of carbonyl (C=O) groups is 2. The van der Waals surface area contributed by atoms with Crippen LogP contribution in [0, 0.1) is 0 Å². The summed E-state index contributed by atoms with van der Waals surface area (Å²) in [5.41, 5.74) is 8.44. The molecule has 0 spiro atoms. The minimum atomic E-state index is -0.889. The molecule has 4 aromatic rings. The molecular weight excluding hydrogens is 606 g/mol. The van der Waals surface area contributed by atoms with Crippen molar-refractivity contribution in [3.05, 3.63) is 121 Å². The summed E-state index contributed by atoms with van der Waals surface area (Å²) >= 11 is 29.1. The molecule has 0 unspecified atom stereocenters. The summed E-state index contributed by atoms with van der Waals surface area (Å²) in [6.45, 7) is 0. The largest absolute Gasteiger partial charge is 0.481 e. The van der Waals surface area contributed by atoms with E-state index in [4.69, 9.17) is 74.0 Å². The van der Waals surface area contributed by atoms with Gasteiger partial charge in [-0.1, -0.05) is 107 Å². The lowest BCUT2D eigenvalue weighted by Crippen LogP contribution is -2.04. The van der Waals surface area contributed by atoms with E-state index in [-0.39, 0.29) is 12.8 Å². The van der Waals surface area contributed by atoms with Crippen LogP contribution in [-0.4, -0.2) is 22.2 Å². The number of hydrogen-bond acceptors (Lipinski definition) is 4. The number of hydrogen-bond donors (Lipinski definition) is 4. The minimum absolute atomic E-state index is 0.0142. The average Bonchev–Trinajstić information content (AvgIpc) is 2.87. The molecule has 0 saturated heterocycles. The van der Waals surface area contributed by atoms with Crippen LogP contribution in [-0.2, 0) is 22.4 Å². The number of aliphatic carboxylic acids is 2. The summed E-state index contributed by atoms with van der Waals surface area (Å²) in [5.74, 6) is -1.75. The van der Waals surface area contributed by atoms with E-state index < -0.39 is 11.9 Å². The normalized spacial score (nSPS) is 9.87. The molecule has 6 nitrogen and oxygen atoms in total. The number of anilines is 3. The number of benzene rings is 4. The fourth-order valence-electron chi connectivity index (χ4n) is 3.03. The maximum Gasteiger partial charge on any atom is 0.307 e. The van der Waals surface area contributed by atoms with Gasteiger partial charge in [0.15, 0.2) is 0 Å². The van der Waals surface area contributed by atoms with Crippen LogP contribution < -0.4 is 11.1 Å². The van der Waals surface area contributed by atoms with Crippen LogP contribution in [0.3, 0.4) is 0 Å². The first-order valence-electron chi connectivity index (χ1n) is 11.1. The van der Waals surface area contributed by atoms with Crippen LogP contribution in [0.25, 0.3) is 0 Å². The lowest BCUT2D eigenvalue weighted by molar-refractivity contribution is -0.137. The van der Waals surface area contributed by atoms with Crippen molar-refractivity contribution in [3.63, 3.8) is 0 Å². The molecule has 4 rings (SSSR count). The molecule has 4 aromatic carbocycles. The third-order valence-corrected chi connectivity index (χ3v) is 6.54. The van der Waals surface area contributed by atoms with E-state index in [1.165, 1.54) is 0 Å². The summed E-state index contributed by atoms with van der Waals surface area (Å²) in [6, 6.07) is 24.4. The molecule has 0 aliphatic carbocycles. The van der Waals surface area contributed by atoms with Crippen LogP contribution in [0.2, 0.25) is 25.1 Å². The lowest BCUT2D eigenvalue weighted by atomic mass is 10.1. The second-order valence-corrected chi connectivity index (χ2v) is 9.78. The molecular formula is C28H23Cl5N2O4. The minimum Gasteiger partial charge on any atom is -0.481 e. The summed E-state index contributed by atoms with van der Waals surface area (Å²) in [7, 11) is 0. The van der Waals surface area contributed by atoms with E-state index in [9.17, 15) is 9.59 Å². The SMILES string of the molecule is Nc1c(Cl)cccc1Cl.O=C(O)Cc1ccccc1Cl.O=C(O)Cc1ccccc1Nc1c(Cl)cccc1Cl. The van der Waals surface area contributed by atoms with Crippen LogP contribution in [0.4, 0.5) is 17.1 Å². The molecule has 0 aliphatic heterocycles. The number of para-hydroxylation sites is 3. The molecule has 5 N–H and O–H groups in total. The van der Waals surface area contributed by atoms with Crippen molar-refractivity contribution in [2.75, 3.05) is 11.1 Å². The Morgan fingerprint density at radius 2 is 1.00 bits per heavy atom. The highest BCUT2D eigenvalue weighted by atomic mass is 35.5. The van der Waals surface area contributed by atoms with Crippen molar-refractivity contribution >= 4 is 87.0 Å². The van der Waals surface area contributed by atoms with Gasteiger partial charge in [0, 0.05) is 10.7 Å². The fraction of sp³-hybridized carbons (Fsp3) is 0.0714. The van der Waals surface area contributed by atoms with Crippen molar-refractivity contribution in [1.82, 2.24) is 0 Å². The molecule has 11 heteroatoms. The van der Waals surface area contributed by atoms with Crippen molar-refractivity contribution < 1.29 is 19.8 Å². The molecule has 39 heavy (non-hydrogen) atoms. The zero-order valence-corrected chi connectivity index (χ0v) is 24.0. The van der Waals surface area contributed by atoms with E-state index in [0.29, 0.717) is 53.3 Å². The van der Waals surface area contributed by atoms with Crippen LogP contribution >= 0.6 is 58.0 Å². The van der Waals surface area contributed by atoms with Crippen molar-refractivity contribution in [2.45, 2.75) is 12.8 Å². The number of carboxylic acid groups (broad SMARTS) is 2. The van der Waals surface area contributed by atoms with E-state index in [1.807, 2.05) is 6.07 Å². The predicted molar refractivity (Wildman–Crippen MR) is 161 cm³/mol. The molecule has 0 amide bonds. The maximum absolute atomic E-state index is 10.8. The van der Waals surface area contributed by atoms with Gasteiger partial charge in [-0.15, -0.1) is 0 Å². The zero-order valence-electron chi connectivity index (χ0n) is 20.2. The zero-order chi connectivity index (χ0) is 28.9. The van der Waals surface area contributed by atoms with Crippen molar-refractivity contribution in [2.24, 2.45) is 0 Å². The second kappa shape index (κ2) is 16.1. The van der Waals surface area contributed by atoms with Crippen LogP contribution in [0.15, 0.2) is 84.9 Å². The van der Waals surface area contributed by atoms with Crippen LogP contribution in [0.1, 0.15) is 11.1 Å². The fourth-order valence-corrected chi connectivity index (χ4v) is 4.12. The van der Waals surface area contributed by atoms with E-state index in [2.05, 4.69) is 5.32 Å². The van der Waals surface area contributed by atoms with Gasteiger partial charge in [0.25, 0.3) is 0 Å². The third-order valence-electron chi connectivity index (χ3n) is 4.88. The smallest absolute Gasteiger partial charge is 0.307 e. The van der Waals surface area contributed by atoms with Gasteiger partial charge in [-0.2, -0.15) is 0 Å². The lowest BCUT2D eigenvalue weighted by Gasteiger charge is -2.13. The topological polar surface area (TPSA) is 113 Å². The molecule has 0 bridgehead atoms. The number of nitrogen functional groups attached to an aromatic ring is 1. The molecule has 204 valence electrons. The number of halogens is 5. The van der Waals surface area contributed by atoms with Gasteiger partial charge >= 0.3 is 11.9 Å². The Morgan fingerprint density at radius 3 is 1.49 bits per heavy atom. The van der Waals surface area contributed by atoms with Gasteiger partial charge in [0.1, 0.15) is 0 Å². The van der Waals surface area contributed by atoms with E-state index in [1.54, 1.807) is 78.9 Å². The first-order chi connectivity index (χ1) is 18.5.